The van der Waals surface area contributed by atoms with Crippen LogP contribution in [0.2, 0.25) is 5.02 Å². The van der Waals surface area contributed by atoms with Gasteiger partial charge < -0.3 is 16.0 Å². The van der Waals surface area contributed by atoms with Gasteiger partial charge in [0.2, 0.25) is 17.7 Å². The minimum absolute atomic E-state index is 0.0494. The minimum Gasteiger partial charge on any atom is -0.354 e. The van der Waals surface area contributed by atoms with E-state index in [0.29, 0.717) is 23.7 Å². The van der Waals surface area contributed by atoms with Crippen molar-refractivity contribution in [2.24, 2.45) is 0 Å². The van der Waals surface area contributed by atoms with Gasteiger partial charge in [-0.2, -0.15) is 4.98 Å². The predicted octanol–water partition coefficient (Wildman–Crippen LogP) is 5.94. The Morgan fingerprint density at radius 2 is 1.59 bits per heavy atom. The summed E-state index contributed by atoms with van der Waals surface area (Å²) in [7, 11) is 0. The van der Waals surface area contributed by atoms with Crippen molar-refractivity contribution in [1.82, 2.24) is 15.3 Å². The summed E-state index contributed by atoms with van der Waals surface area (Å²) in [5.41, 5.74) is 2.50. The summed E-state index contributed by atoms with van der Waals surface area (Å²) in [4.78, 5) is 32.8. The van der Waals surface area contributed by atoms with Crippen molar-refractivity contribution in [3.05, 3.63) is 117 Å². The number of anilines is 3. The molecular weight excluding hydrogens is 516 g/mol. The van der Waals surface area contributed by atoms with E-state index in [-0.39, 0.29) is 23.4 Å². The van der Waals surface area contributed by atoms with Crippen molar-refractivity contribution in [3.63, 3.8) is 0 Å². The van der Waals surface area contributed by atoms with E-state index >= 15 is 0 Å². The van der Waals surface area contributed by atoms with E-state index in [1.807, 2.05) is 48.5 Å². The van der Waals surface area contributed by atoms with Crippen molar-refractivity contribution in [1.29, 1.82) is 0 Å². The molecule has 200 valence electrons. The summed E-state index contributed by atoms with van der Waals surface area (Å²) >= 11 is 5.95. The third-order valence-electron chi connectivity index (χ3n) is 6.01. The van der Waals surface area contributed by atoms with Crippen molar-refractivity contribution < 1.29 is 9.72 Å². The Hall–Kier alpha value is -4.50. The number of nitrogens with one attached hydrogen (secondary N) is 3. The van der Waals surface area contributed by atoms with Gasteiger partial charge in [0.15, 0.2) is 0 Å². The number of nitrogens with zero attached hydrogens (tertiary/aromatic N) is 3. The summed E-state index contributed by atoms with van der Waals surface area (Å²) in [5, 5.41) is 21.3. The molecule has 1 heterocycles. The second kappa shape index (κ2) is 13.9. The molecule has 1 amide bonds. The molecule has 4 rings (SSSR count). The Kier molecular flexibility index (Phi) is 9.80. The van der Waals surface area contributed by atoms with Gasteiger partial charge >= 0.3 is 5.69 Å². The molecule has 0 bridgehead atoms. The zero-order valence-electron chi connectivity index (χ0n) is 21.2. The van der Waals surface area contributed by atoms with Crippen LogP contribution in [0.15, 0.2) is 91.1 Å². The number of aromatic nitrogens is 2. The third-order valence-corrected chi connectivity index (χ3v) is 6.26. The van der Waals surface area contributed by atoms with E-state index < -0.39 is 11.0 Å². The van der Waals surface area contributed by atoms with Gasteiger partial charge in [0.05, 0.1) is 4.92 Å². The lowest BCUT2D eigenvalue weighted by Crippen LogP contribution is -2.42. The summed E-state index contributed by atoms with van der Waals surface area (Å²) in [6.07, 6.45) is 4.10. The van der Waals surface area contributed by atoms with E-state index in [4.69, 9.17) is 11.6 Å². The summed E-state index contributed by atoms with van der Waals surface area (Å²) < 4.78 is 0. The van der Waals surface area contributed by atoms with Gasteiger partial charge in [0.25, 0.3) is 0 Å². The molecular formula is C29H29ClN6O3. The Bertz CT molecular complexity index is 1370. The van der Waals surface area contributed by atoms with E-state index in [0.717, 1.165) is 31.0 Å². The molecule has 0 spiro atoms. The van der Waals surface area contributed by atoms with Gasteiger partial charge in [-0.05, 0) is 54.7 Å². The first kappa shape index (κ1) is 27.5. The maximum Gasteiger partial charge on any atom is 0.329 e. The van der Waals surface area contributed by atoms with Gasteiger partial charge in [0.1, 0.15) is 12.2 Å². The van der Waals surface area contributed by atoms with Crippen molar-refractivity contribution in [3.8, 4) is 0 Å². The normalized spacial score (nSPS) is 11.4. The fourth-order valence-corrected chi connectivity index (χ4v) is 4.12. The van der Waals surface area contributed by atoms with Crippen molar-refractivity contribution >= 4 is 40.6 Å². The fourth-order valence-electron chi connectivity index (χ4n) is 4.00. The molecule has 4 aromatic rings. The molecule has 1 aromatic heterocycles. The monoisotopic (exact) mass is 544 g/mol. The molecule has 3 aromatic carbocycles. The topological polar surface area (TPSA) is 122 Å². The van der Waals surface area contributed by atoms with Crippen LogP contribution in [0.4, 0.5) is 23.1 Å². The maximum absolute atomic E-state index is 13.3. The molecule has 0 aliphatic heterocycles. The van der Waals surface area contributed by atoms with Crippen LogP contribution in [0, 0.1) is 10.1 Å². The standard InChI is InChI=1S/C29H29ClN6O3/c30-23-14-16-24(17-15-23)33-29-32-20-26(36(38)39)27(35-29)34-25(19-22-12-5-2-6-13-22)28(37)31-18-8-7-11-21-9-3-1-4-10-21/h1-6,9-10,12-17,20,25H,7-8,11,18-19H2,(H,31,37)(H2,32,33,34,35). The summed E-state index contributed by atoms with van der Waals surface area (Å²) in [5.74, 6) is -0.171. The van der Waals surface area contributed by atoms with Gasteiger partial charge in [-0.25, -0.2) is 4.98 Å². The number of amides is 1. The highest BCUT2D eigenvalue weighted by molar-refractivity contribution is 6.30. The zero-order chi connectivity index (χ0) is 27.5. The number of unbranched alkanes of at least 4 members (excludes halogenated alkanes) is 1. The molecule has 9 nitrogen and oxygen atoms in total. The average molecular weight is 545 g/mol. The Balaban J connectivity index is 1.47. The Morgan fingerprint density at radius 3 is 2.26 bits per heavy atom. The number of aryl methyl sites for hydroxylation is 1. The molecule has 1 unspecified atom stereocenters. The first-order valence-electron chi connectivity index (χ1n) is 12.6. The van der Waals surface area contributed by atoms with Crippen LogP contribution in [0.1, 0.15) is 24.0 Å². The smallest absolute Gasteiger partial charge is 0.329 e. The second-order valence-electron chi connectivity index (χ2n) is 8.94. The number of nitro groups is 1. The number of carbonyl (C=O) groups excluding carboxylic acids is 1. The first-order chi connectivity index (χ1) is 19.0. The van der Waals surface area contributed by atoms with Crippen LogP contribution >= 0.6 is 11.6 Å². The molecule has 39 heavy (non-hydrogen) atoms. The van der Waals surface area contributed by atoms with Gasteiger partial charge in [0, 0.05) is 23.7 Å². The lowest BCUT2D eigenvalue weighted by atomic mass is 10.0. The molecule has 0 aliphatic rings. The molecule has 0 saturated carbocycles. The average Bonchev–Trinajstić information content (AvgIpc) is 2.95. The third kappa shape index (κ3) is 8.51. The number of carbonyl (C=O) groups is 1. The zero-order valence-corrected chi connectivity index (χ0v) is 22.0. The molecule has 0 saturated heterocycles. The highest BCUT2D eigenvalue weighted by Gasteiger charge is 2.25. The van der Waals surface area contributed by atoms with Crippen molar-refractivity contribution in [2.45, 2.75) is 31.7 Å². The highest BCUT2D eigenvalue weighted by Crippen LogP contribution is 2.25. The Morgan fingerprint density at radius 1 is 0.923 bits per heavy atom. The maximum atomic E-state index is 13.3. The van der Waals surface area contributed by atoms with E-state index in [2.05, 4.69) is 38.1 Å². The SMILES string of the molecule is O=C(NCCCCc1ccccc1)C(Cc1ccccc1)Nc1nc(Nc2ccc(Cl)cc2)ncc1[N+](=O)[O-]. The van der Waals surface area contributed by atoms with Crippen LogP contribution in [-0.4, -0.2) is 33.4 Å². The van der Waals surface area contributed by atoms with Gasteiger partial charge in [-0.1, -0.05) is 72.3 Å². The molecule has 1 atom stereocenters. The lowest BCUT2D eigenvalue weighted by molar-refractivity contribution is -0.384. The molecule has 10 heteroatoms. The summed E-state index contributed by atoms with van der Waals surface area (Å²) in [6.45, 7) is 0.494. The minimum atomic E-state index is -0.793. The number of halogens is 1. The lowest BCUT2D eigenvalue weighted by Gasteiger charge is -2.19. The van der Waals surface area contributed by atoms with Crippen LogP contribution in [0.25, 0.3) is 0 Å². The first-order valence-corrected chi connectivity index (χ1v) is 13.0. The van der Waals surface area contributed by atoms with Crippen LogP contribution in [0.5, 0.6) is 0 Å². The van der Waals surface area contributed by atoms with E-state index in [1.165, 1.54) is 5.56 Å². The number of hydrogen-bond acceptors (Lipinski definition) is 7. The van der Waals surface area contributed by atoms with Crippen LogP contribution < -0.4 is 16.0 Å². The number of rotatable bonds is 13. The van der Waals surface area contributed by atoms with Crippen molar-refractivity contribution in [2.75, 3.05) is 17.2 Å². The Labute approximate surface area is 231 Å². The fraction of sp³-hybridized carbons (Fsp3) is 0.207. The molecule has 0 aliphatic carbocycles. The van der Waals surface area contributed by atoms with Crippen LogP contribution in [-0.2, 0) is 17.6 Å². The highest BCUT2D eigenvalue weighted by atomic mass is 35.5. The van der Waals surface area contributed by atoms with Crippen LogP contribution in [0.3, 0.4) is 0 Å². The largest absolute Gasteiger partial charge is 0.354 e. The van der Waals surface area contributed by atoms with E-state index in [9.17, 15) is 14.9 Å². The molecule has 0 radical (unpaired) electrons. The summed E-state index contributed by atoms with van der Waals surface area (Å²) in [6, 6.07) is 25.8. The predicted molar refractivity (Wildman–Crippen MR) is 153 cm³/mol. The van der Waals surface area contributed by atoms with Gasteiger partial charge in [-0.3, -0.25) is 14.9 Å². The quantitative estimate of drug-likeness (QED) is 0.108. The molecule has 0 fully saturated rings. The van der Waals surface area contributed by atoms with E-state index in [1.54, 1.807) is 24.3 Å². The number of benzene rings is 3. The molecule has 3 N–H and O–H groups in total. The number of hydrogen-bond donors (Lipinski definition) is 3. The second-order valence-corrected chi connectivity index (χ2v) is 9.37. The van der Waals surface area contributed by atoms with Gasteiger partial charge in [-0.15, -0.1) is 0 Å².